The second kappa shape index (κ2) is 6.86. The molecule has 0 unspecified atom stereocenters. The van der Waals surface area contributed by atoms with E-state index >= 15 is 0 Å². The van der Waals surface area contributed by atoms with Gasteiger partial charge >= 0.3 is 6.18 Å². The van der Waals surface area contributed by atoms with Gasteiger partial charge in [-0.3, -0.25) is 14.2 Å². The number of nitrogens with zero attached hydrogens (tertiary/aromatic N) is 2. The number of benzene rings is 2. The van der Waals surface area contributed by atoms with Crippen molar-refractivity contribution in [2.75, 3.05) is 4.72 Å². The molecule has 0 bridgehead atoms. The monoisotopic (exact) mass is 411 g/mol. The summed E-state index contributed by atoms with van der Waals surface area (Å²) in [4.78, 5) is 12.4. The van der Waals surface area contributed by atoms with Gasteiger partial charge in [0.2, 0.25) is 0 Å². The van der Waals surface area contributed by atoms with Crippen LogP contribution in [0.15, 0.2) is 64.3 Å². The highest BCUT2D eigenvalue weighted by atomic mass is 32.2. The Morgan fingerprint density at radius 1 is 0.964 bits per heavy atom. The Morgan fingerprint density at radius 3 is 2.07 bits per heavy atom. The molecule has 0 radical (unpaired) electrons. The van der Waals surface area contributed by atoms with E-state index in [-0.39, 0.29) is 10.6 Å². The molecule has 28 heavy (non-hydrogen) atoms. The lowest BCUT2D eigenvalue weighted by Crippen LogP contribution is -2.23. The van der Waals surface area contributed by atoms with Crippen LogP contribution in [0.2, 0.25) is 0 Å². The van der Waals surface area contributed by atoms with Gasteiger partial charge in [0.05, 0.1) is 21.8 Å². The summed E-state index contributed by atoms with van der Waals surface area (Å²) in [7, 11) is -2.65. The standard InChI is InChI=1S/C18H16F3N3O3S/c1-12-16(17(25)24(23(12)2)14-6-4-3-5-7-14)22-28(26,27)15-10-8-13(9-11-15)18(19,20)21/h3-11,22H,1-2H3. The third-order valence-corrected chi connectivity index (χ3v) is 5.65. The normalized spacial score (nSPS) is 12.2. The van der Waals surface area contributed by atoms with E-state index in [1.165, 1.54) is 9.36 Å². The quantitative estimate of drug-likeness (QED) is 0.716. The van der Waals surface area contributed by atoms with Crippen molar-refractivity contribution >= 4 is 15.7 Å². The Morgan fingerprint density at radius 2 is 1.54 bits per heavy atom. The molecular formula is C18H16F3N3O3S. The van der Waals surface area contributed by atoms with Gasteiger partial charge in [-0.1, -0.05) is 18.2 Å². The fourth-order valence-corrected chi connectivity index (χ4v) is 3.82. The van der Waals surface area contributed by atoms with Crippen molar-refractivity contribution in [3.8, 4) is 5.69 Å². The lowest BCUT2D eigenvalue weighted by molar-refractivity contribution is -0.137. The summed E-state index contributed by atoms with van der Waals surface area (Å²) >= 11 is 0. The summed E-state index contributed by atoms with van der Waals surface area (Å²) in [6, 6.07) is 11.7. The van der Waals surface area contributed by atoms with Crippen molar-refractivity contribution in [3.63, 3.8) is 0 Å². The van der Waals surface area contributed by atoms with Crippen molar-refractivity contribution in [3.05, 3.63) is 76.2 Å². The van der Waals surface area contributed by atoms with Gasteiger partial charge in [0.15, 0.2) is 0 Å². The van der Waals surface area contributed by atoms with E-state index in [1.807, 2.05) is 0 Å². The molecule has 0 aliphatic heterocycles. The van der Waals surface area contributed by atoms with Gasteiger partial charge in [-0.05, 0) is 43.3 Å². The molecule has 1 heterocycles. The number of nitrogens with one attached hydrogen (secondary N) is 1. The predicted octanol–water partition coefficient (Wildman–Crippen LogP) is 3.30. The molecule has 0 atom stereocenters. The van der Waals surface area contributed by atoms with Gasteiger partial charge in [0, 0.05) is 7.05 Å². The summed E-state index contributed by atoms with van der Waals surface area (Å²) < 4.78 is 68.1. The Labute approximate surface area is 158 Å². The first kappa shape index (κ1) is 19.7. The molecule has 0 saturated carbocycles. The molecule has 0 spiro atoms. The lowest BCUT2D eigenvalue weighted by atomic mass is 10.2. The molecule has 0 amide bonds. The maximum Gasteiger partial charge on any atom is 0.416 e. The third kappa shape index (κ3) is 3.55. The van der Waals surface area contributed by atoms with E-state index in [1.54, 1.807) is 44.3 Å². The van der Waals surface area contributed by atoms with Gasteiger partial charge in [-0.15, -0.1) is 0 Å². The molecule has 3 rings (SSSR count). The van der Waals surface area contributed by atoms with Crippen molar-refractivity contribution in [2.24, 2.45) is 7.05 Å². The predicted molar refractivity (Wildman–Crippen MR) is 98.0 cm³/mol. The summed E-state index contributed by atoms with van der Waals surface area (Å²) in [6.07, 6.45) is -4.57. The molecule has 6 nitrogen and oxygen atoms in total. The van der Waals surface area contributed by atoms with Gasteiger partial charge < -0.3 is 0 Å². The maximum atomic E-state index is 12.8. The second-order valence-corrected chi connectivity index (χ2v) is 7.75. The van der Waals surface area contributed by atoms with Crippen LogP contribution in [0.25, 0.3) is 5.69 Å². The first-order valence-corrected chi connectivity index (χ1v) is 9.55. The molecule has 1 aromatic heterocycles. The summed E-state index contributed by atoms with van der Waals surface area (Å²) in [6.45, 7) is 1.56. The van der Waals surface area contributed by atoms with Crippen LogP contribution in [-0.2, 0) is 23.2 Å². The van der Waals surface area contributed by atoms with Crippen molar-refractivity contribution in [1.82, 2.24) is 9.36 Å². The fourth-order valence-electron chi connectivity index (χ4n) is 2.70. The Balaban J connectivity index is 2.01. The number of halogens is 3. The Kier molecular flexibility index (Phi) is 4.84. The van der Waals surface area contributed by atoms with E-state index in [0.29, 0.717) is 23.5 Å². The summed E-state index contributed by atoms with van der Waals surface area (Å²) in [5, 5.41) is 0. The van der Waals surface area contributed by atoms with Crippen molar-refractivity contribution in [2.45, 2.75) is 18.0 Å². The van der Waals surface area contributed by atoms with Crippen LogP contribution in [0.3, 0.4) is 0 Å². The van der Waals surface area contributed by atoms with E-state index in [2.05, 4.69) is 4.72 Å². The molecule has 2 aromatic carbocycles. The number of alkyl halides is 3. The molecule has 1 N–H and O–H groups in total. The zero-order valence-electron chi connectivity index (χ0n) is 14.9. The Bertz CT molecular complexity index is 1160. The minimum absolute atomic E-state index is 0.175. The van der Waals surface area contributed by atoms with Crippen molar-refractivity contribution in [1.29, 1.82) is 0 Å². The van der Waals surface area contributed by atoms with Crippen molar-refractivity contribution < 1.29 is 21.6 Å². The molecule has 148 valence electrons. The number of sulfonamides is 1. The molecule has 0 aliphatic carbocycles. The average molecular weight is 411 g/mol. The minimum atomic E-state index is -4.57. The molecule has 10 heteroatoms. The lowest BCUT2D eigenvalue weighted by Gasteiger charge is -2.09. The average Bonchev–Trinajstić information content (AvgIpc) is 2.85. The number of hydrogen-bond donors (Lipinski definition) is 1. The van der Waals surface area contributed by atoms with Crippen LogP contribution < -0.4 is 10.3 Å². The van der Waals surface area contributed by atoms with Gasteiger partial charge in [0.25, 0.3) is 15.6 Å². The summed E-state index contributed by atoms with van der Waals surface area (Å²) in [5.74, 6) is 0. The largest absolute Gasteiger partial charge is 0.416 e. The van der Waals surface area contributed by atoms with Crippen LogP contribution in [0.4, 0.5) is 18.9 Å². The topological polar surface area (TPSA) is 73.1 Å². The smallest absolute Gasteiger partial charge is 0.283 e. The zero-order chi connectivity index (χ0) is 20.7. The Hall–Kier alpha value is -3.01. The maximum absolute atomic E-state index is 12.8. The van der Waals surface area contributed by atoms with Gasteiger partial charge in [0.1, 0.15) is 5.69 Å². The molecule has 0 fully saturated rings. The number of aromatic nitrogens is 2. The summed E-state index contributed by atoms with van der Waals surface area (Å²) in [5.41, 5.74) is -0.843. The number of rotatable bonds is 4. The fraction of sp³-hybridized carbons (Fsp3) is 0.167. The van der Waals surface area contributed by atoms with E-state index in [0.717, 1.165) is 12.1 Å². The molecule has 0 aliphatic rings. The minimum Gasteiger partial charge on any atom is -0.283 e. The van der Waals surface area contributed by atoms with Gasteiger partial charge in [-0.25, -0.2) is 13.1 Å². The van der Waals surface area contributed by atoms with E-state index in [9.17, 15) is 26.4 Å². The molecule has 0 saturated heterocycles. The SMILES string of the molecule is Cc1c(NS(=O)(=O)c2ccc(C(F)(F)F)cc2)c(=O)n(-c2ccccc2)n1C. The highest BCUT2D eigenvalue weighted by Crippen LogP contribution is 2.30. The number of anilines is 1. The van der Waals surface area contributed by atoms with Crippen LogP contribution in [0, 0.1) is 6.92 Å². The van der Waals surface area contributed by atoms with Crippen LogP contribution in [0.5, 0.6) is 0 Å². The highest BCUT2D eigenvalue weighted by molar-refractivity contribution is 7.92. The van der Waals surface area contributed by atoms with Crippen LogP contribution in [0.1, 0.15) is 11.3 Å². The second-order valence-electron chi connectivity index (χ2n) is 6.06. The van der Waals surface area contributed by atoms with E-state index in [4.69, 9.17) is 0 Å². The van der Waals surface area contributed by atoms with Crippen LogP contribution >= 0.6 is 0 Å². The first-order chi connectivity index (χ1) is 13.0. The highest BCUT2D eigenvalue weighted by Gasteiger charge is 2.31. The number of hydrogen-bond acceptors (Lipinski definition) is 3. The zero-order valence-corrected chi connectivity index (χ0v) is 15.7. The molecular weight excluding hydrogens is 395 g/mol. The molecule has 3 aromatic rings. The third-order valence-electron chi connectivity index (χ3n) is 4.28. The number of para-hydroxylation sites is 1. The van der Waals surface area contributed by atoms with Gasteiger partial charge in [-0.2, -0.15) is 13.2 Å². The first-order valence-electron chi connectivity index (χ1n) is 8.06. The van der Waals surface area contributed by atoms with E-state index < -0.39 is 27.3 Å². The van der Waals surface area contributed by atoms with Crippen LogP contribution in [-0.4, -0.2) is 17.8 Å².